The van der Waals surface area contributed by atoms with E-state index in [0.29, 0.717) is 4.31 Å². The van der Waals surface area contributed by atoms with Crippen LogP contribution in [0.2, 0.25) is 0 Å². The number of sulfonamides is 1. The molecule has 0 spiro atoms. The monoisotopic (exact) mass is 275 g/mol. The van der Waals surface area contributed by atoms with Crippen molar-refractivity contribution >= 4 is 16.0 Å². The highest BCUT2D eigenvalue weighted by Crippen LogP contribution is 2.07. The molecule has 0 unspecified atom stereocenters. The minimum absolute atomic E-state index is 0.413. The van der Waals surface area contributed by atoms with E-state index < -0.39 is 54.3 Å². The summed E-state index contributed by atoms with van der Waals surface area (Å²) >= 11 is 0. The summed E-state index contributed by atoms with van der Waals surface area (Å²) in [6.45, 7) is -1.98. The smallest absolute Gasteiger partial charge is 0.306 e. The van der Waals surface area contributed by atoms with Crippen LogP contribution in [0.4, 0.5) is 8.78 Å². The van der Waals surface area contributed by atoms with Gasteiger partial charge in [0.15, 0.2) is 0 Å². The molecule has 6 nitrogen and oxygen atoms in total. The second kappa shape index (κ2) is 7.51. The van der Waals surface area contributed by atoms with Crippen molar-refractivity contribution in [2.75, 3.05) is 32.6 Å². The van der Waals surface area contributed by atoms with E-state index in [4.69, 9.17) is 5.11 Å². The Balaban J connectivity index is 4.54. The number of hydrogen-bond donors (Lipinski definition) is 1. The number of alkyl halides is 2. The van der Waals surface area contributed by atoms with Gasteiger partial charge in [0.2, 0.25) is 10.0 Å². The van der Waals surface area contributed by atoms with Gasteiger partial charge in [-0.05, 0) is 0 Å². The lowest BCUT2D eigenvalue weighted by Gasteiger charge is -2.20. The van der Waals surface area contributed by atoms with Gasteiger partial charge in [-0.1, -0.05) is 0 Å². The van der Waals surface area contributed by atoms with Crippen molar-refractivity contribution in [3.05, 3.63) is 0 Å². The third-order valence-electron chi connectivity index (χ3n) is 1.88. The van der Waals surface area contributed by atoms with Crippen LogP contribution in [0, 0.1) is 0 Å². The lowest BCUT2D eigenvalue weighted by molar-refractivity contribution is -0.140. The zero-order valence-corrected chi connectivity index (χ0v) is 10.1. The van der Waals surface area contributed by atoms with E-state index in [9.17, 15) is 22.0 Å². The molecule has 0 saturated heterocycles. The first-order valence-corrected chi connectivity index (χ1v) is 6.38. The number of hydrogen-bond acceptors (Lipinski definition) is 5. The van der Waals surface area contributed by atoms with E-state index in [0.717, 1.165) is 7.11 Å². The van der Waals surface area contributed by atoms with Crippen molar-refractivity contribution < 1.29 is 31.8 Å². The molecule has 0 aromatic heterocycles. The van der Waals surface area contributed by atoms with Crippen molar-refractivity contribution in [1.82, 2.24) is 4.31 Å². The van der Waals surface area contributed by atoms with Crippen LogP contribution >= 0.6 is 0 Å². The number of ether oxygens (including phenoxy) is 1. The molecule has 0 aliphatic rings. The number of carbonyl (C=O) groups excluding carboxylic acids is 1. The molecule has 0 aromatic carbocycles. The lowest BCUT2D eigenvalue weighted by atomic mass is 10.5. The molecule has 1 N–H and O–H groups in total. The Morgan fingerprint density at radius 2 is 2.06 bits per heavy atom. The van der Waals surface area contributed by atoms with Gasteiger partial charge in [-0.3, -0.25) is 4.79 Å². The summed E-state index contributed by atoms with van der Waals surface area (Å²) in [6.07, 6.45) is -3.25. The molecule has 0 aliphatic heterocycles. The Morgan fingerprint density at radius 1 is 1.47 bits per heavy atom. The van der Waals surface area contributed by atoms with E-state index >= 15 is 0 Å². The summed E-state index contributed by atoms with van der Waals surface area (Å²) in [4.78, 5) is 10.8. The van der Waals surface area contributed by atoms with Crippen LogP contribution < -0.4 is 0 Å². The minimum Gasteiger partial charge on any atom is -0.469 e. The fourth-order valence-corrected chi connectivity index (χ4v) is 2.44. The lowest BCUT2D eigenvalue weighted by Crippen LogP contribution is -2.39. The van der Waals surface area contributed by atoms with Crippen molar-refractivity contribution in [3.63, 3.8) is 0 Å². The average molecular weight is 275 g/mol. The predicted octanol–water partition coefficient (Wildman–Crippen LogP) is -0.561. The van der Waals surface area contributed by atoms with Gasteiger partial charge < -0.3 is 9.84 Å². The number of nitrogens with zero attached hydrogens (tertiary/aromatic N) is 1. The first-order chi connectivity index (χ1) is 7.83. The second-order valence-corrected chi connectivity index (χ2v) is 5.20. The predicted molar refractivity (Wildman–Crippen MR) is 55.1 cm³/mol. The van der Waals surface area contributed by atoms with Crippen LogP contribution in [-0.2, 0) is 19.6 Å². The van der Waals surface area contributed by atoms with E-state index in [1.54, 1.807) is 0 Å². The molecule has 0 aromatic rings. The van der Waals surface area contributed by atoms with E-state index in [1.807, 2.05) is 0 Å². The molecule has 0 radical (unpaired) electrons. The first kappa shape index (κ1) is 16.2. The molecule has 0 rings (SSSR count). The fourth-order valence-electron chi connectivity index (χ4n) is 1.05. The van der Waals surface area contributed by atoms with Crippen LogP contribution in [0.25, 0.3) is 0 Å². The van der Waals surface area contributed by atoms with Crippen LogP contribution in [0.1, 0.15) is 6.42 Å². The zero-order chi connectivity index (χ0) is 13.5. The number of halogens is 2. The highest BCUT2D eigenvalue weighted by atomic mass is 32.2. The maximum absolute atomic E-state index is 12.1. The number of aliphatic hydroxyl groups is 1. The summed E-state index contributed by atoms with van der Waals surface area (Å²) in [6, 6.07) is 0. The van der Waals surface area contributed by atoms with Gasteiger partial charge in [0, 0.05) is 6.54 Å². The molecule has 0 aliphatic carbocycles. The molecule has 9 heteroatoms. The van der Waals surface area contributed by atoms with Crippen LogP contribution in [0.3, 0.4) is 0 Å². The molecule has 17 heavy (non-hydrogen) atoms. The standard InChI is InChI=1S/C8H15F2NO5S/c1-16-8(13)2-5-17(14,15)11(3-4-12)6-7(9)10/h7,12H,2-6H2,1H3. The third kappa shape index (κ3) is 6.49. The molecule has 0 amide bonds. The zero-order valence-electron chi connectivity index (χ0n) is 9.30. The summed E-state index contributed by atoms with van der Waals surface area (Å²) < 4.78 is 52.1. The minimum atomic E-state index is -3.99. The molecule has 0 fully saturated rings. The van der Waals surface area contributed by atoms with E-state index in [2.05, 4.69) is 4.74 Å². The Hall–Kier alpha value is -0.800. The number of carbonyl (C=O) groups is 1. The van der Waals surface area contributed by atoms with Gasteiger partial charge in [-0.25, -0.2) is 17.2 Å². The van der Waals surface area contributed by atoms with Crippen LogP contribution in [0.5, 0.6) is 0 Å². The molecule has 0 bridgehead atoms. The Bertz CT molecular complexity index is 333. The maximum Gasteiger partial charge on any atom is 0.306 e. The molecule has 0 heterocycles. The Morgan fingerprint density at radius 3 is 2.47 bits per heavy atom. The highest BCUT2D eigenvalue weighted by Gasteiger charge is 2.25. The van der Waals surface area contributed by atoms with Gasteiger partial charge in [0.05, 0.1) is 32.4 Å². The number of esters is 1. The SMILES string of the molecule is COC(=O)CCS(=O)(=O)N(CCO)CC(F)F. The largest absolute Gasteiger partial charge is 0.469 e. The number of aliphatic hydroxyl groups excluding tert-OH is 1. The van der Waals surface area contributed by atoms with Gasteiger partial charge in [0.25, 0.3) is 6.43 Å². The van der Waals surface area contributed by atoms with Crippen molar-refractivity contribution in [2.24, 2.45) is 0 Å². The average Bonchev–Trinajstić information content (AvgIpc) is 2.25. The molecule has 0 atom stereocenters. The first-order valence-electron chi connectivity index (χ1n) is 4.77. The Labute approximate surface area is 98.2 Å². The van der Waals surface area contributed by atoms with E-state index in [1.165, 1.54) is 0 Å². The summed E-state index contributed by atoms with van der Waals surface area (Å²) in [5.41, 5.74) is 0. The molecule has 0 saturated carbocycles. The van der Waals surface area contributed by atoms with Crippen LogP contribution in [-0.4, -0.2) is 62.8 Å². The van der Waals surface area contributed by atoms with Gasteiger partial charge >= 0.3 is 5.97 Å². The third-order valence-corrected chi connectivity index (χ3v) is 3.71. The fraction of sp³-hybridized carbons (Fsp3) is 0.875. The highest BCUT2D eigenvalue weighted by molar-refractivity contribution is 7.89. The summed E-state index contributed by atoms with van der Waals surface area (Å²) in [5, 5.41) is 8.59. The van der Waals surface area contributed by atoms with Crippen molar-refractivity contribution in [1.29, 1.82) is 0 Å². The molecular formula is C8H15F2NO5S. The maximum atomic E-state index is 12.1. The normalized spacial score (nSPS) is 12.1. The van der Waals surface area contributed by atoms with Gasteiger partial charge in [-0.2, -0.15) is 4.31 Å². The summed E-state index contributed by atoms with van der Waals surface area (Å²) in [7, 11) is -2.90. The molecule has 102 valence electrons. The van der Waals surface area contributed by atoms with Crippen LogP contribution in [0.15, 0.2) is 0 Å². The second-order valence-electron chi connectivity index (χ2n) is 3.11. The van der Waals surface area contributed by atoms with Gasteiger partial charge in [-0.15, -0.1) is 0 Å². The summed E-state index contributed by atoms with van der Waals surface area (Å²) in [5.74, 6) is -1.36. The van der Waals surface area contributed by atoms with Gasteiger partial charge in [0.1, 0.15) is 0 Å². The topological polar surface area (TPSA) is 83.9 Å². The van der Waals surface area contributed by atoms with Crippen molar-refractivity contribution in [3.8, 4) is 0 Å². The van der Waals surface area contributed by atoms with Crippen molar-refractivity contribution in [2.45, 2.75) is 12.8 Å². The number of rotatable bonds is 8. The molecular weight excluding hydrogens is 260 g/mol. The quantitative estimate of drug-likeness (QED) is 0.600. The van der Waals surface area contributed by atoms with E-state index in [-0.39, 0.29) is 0 Å². The Kier molecular flexibility index (Phi) is 7.16. The number of methoxy groups -OCH3 is 1.